The Morgan fingerprint density at radius 2 is 1.90 bits per heavy atom. The molecule has 2 amide bonds. The Labute approximate surface area is 118 Å². The van der Waals surface area contributed by atoms with Crippen LogP contribution < -0.4 is 10.6 Å². The molecule has 1 spiro atoms. The summed E-state index contributed by atoms with van der Waals surface area (Å²) in [6.07, 6.45) is 3.38. The normalized spacial score (nSPS) is 21.1. The molecule has 20 heavy (non-hydrogen) atoms. The number of amides is 2. The van der Waals surface area contributed by atoms with Gasteiger partial charge >= 0.3 is 6.03 Å². The first-order valence-electron chi connectivity index (χ1n) is 7.19. The fraction of sp³-hybridized carbons (Fsp3) is 0.533. The number of nitrogens with one attached hydrogen (secondary N) is 2. The van der Waals surface area contributed by atoms with Gasteiger partial charge in [-0.15, -0.1) is 0 Å². The molecule has 108 valence electrons. The maximum absolute atomic E-state index is 12.8. The van der Waals surface area contributed by atoms with E-state index in [1.807, 2.05) is 4.90 Å². The number of urea groups is 1. The van der Waals surface area contributed by atoms with Gasteiger partial charge in [0.05, 0.1) is 0 Å². The Morgan fingerprint density at radius 1 is 1.20 bits per heavy atom. The van der Waals surface area contributed by atoms with Gasteiger partial charge in [-0.1, -0.05) is 0 Å². The Hall–Kier alpha value is -1.62. The van der Waals surface area contributed by atoms with Crippen LogP contribution in [0.5, 0.6) is 0 Å². The van der Waals surface area contributed by atoms with Crippen molar-refractivity contribution in [2.24, 2.45) is 5.41 Å². The summed E-state index contributed by atoms with van der Waals surface area (Å²) in [6, 6.07) is 5.81. The molecule has 0 unspecified atom stereocenters. The number of carbonyl (C=O) groups excluding carboxylic acids is 1. The van der Waals surface area contributed by atoms with Gasteiger partial charge in [-0.05, 0) is 62.0 Å². The molecular weight excluding hydrogens is 257 g/mol. The first kappa shape index (κ1) is 13.4. The molecule has 3 rings (SSSR count). The Bertz CT molecular complexity index is 482. The number of hydrogen-bond acceptors (Lipinski definition) is 2. The highest BCUT2D eigenvalue weighted by Gasteiger charge is 2.40. The molecule has 1 aromatic carbocycles. The fourth-order valence-corrected chi connectivity index (χ4v) is 3.21. The summed E-state index contributed by atoms with van der Waals surface area (Å²) in [5.74, 6) is -0.294. The van der Waals surface area contributed by atoms with E-state index < -0.39 is 0 Å². The predicted octanol–water partition coefficient (Wildman–Crippen LogP) is 2.43. The first-order chi connectivity index (χ1) is 9.67. The molecule has 5 heteroatoms. The Morgan fingerprint density at radius 3 is 2.60 bits per heavy atom. The van der Waals surface area contributed by atoms with E-state index in [4.69, 9.17) is 0 Å². The molecule has 0 aliphatic carbocycles. The van der Waals surface area contributed by atoms with Crippen LogP contribution in [0, 0.1) is 11.2 Å². The van der Waals surface area contributed by atoms with Crippen LogP contribution in [-0.4, -0.2) is 37.1 Å². The molecular formula is C15H20FN3O. The van der Waals surface area contributed by atoms with Gasteiger partial charge in [0.1, 0.15) is 5.82 Å². The van der Waals surface area contributed by atoms with Crippen LogP contribution in [0.15, 0.2) is 24.3 Å². The minimum Gasteiger partial charge on any atom is -0.324 e. The average molecular weight is 277 g/mol. The van der Waals surface area contributed by atoms with E-state index in [2.05, 4.69) is 10.6 Å². The molecule has 4 nitrogen and oxygen atoms in total. The van der Waals surface area contributed by atoms with Crippen LogP contribution in [0.1, 0.15) is 19.3 Å². The standard InChI is InChI=1S/C15H20FN3O/c16-12-1-3-13(4-2-12)18-14(20)19-10-7-15(11-19)5-8-17-9-6-15/h1-4,17H,5-11H2,(H,18,20). The van der Waals surface area contributed by atoms with Crippen molar-refractivity contribution in [3.63, 3.8) is 0 Å². The van der Waals surface area contributed by atoms with E-state index in [-0.39, 0.29) is 11.8 Å². The monoisotopic (exact) mass is 277 g/mol. The first-order valence-corrected chi connectivity index (χ1v) is 7.19. The topological polar surface area (TPSA) is 44.4 Å². The summed E-state index contributed by atoms with van der Waals surface area (Å²) in [5, 5.41) is 6.21. The van der Waals surface area contributed by atoms with Crippen LogP contribution in [0.3, 0.4) is 0 Å². The smallest absolute Gasteiger partial charge is 0.321 e. The average Bonchev–Trinajstić information content (AvgIpc) is 2.86. The fourth-order valence-electron chi connectivity index (χ4n) is 3.21. The summed E-state index contributed by atoms with van der Waals surface area (Å²) >= 11 is 0. The molecule has 2 aliphatic rings. The van der Waals surface area contributed by atoms with Crippen molar-refractivity contribution >= 4 is 11.7 Å². The number of likely N-dealkylation sites (tertiary alicyclic amines) is 1. The van der Waals surface area contributed by atoms with E-state index in [0.717, 1.165) is 45.4 Å². The molecule has 2 saturated heterocycles. The minimum absolute atomic E-state index is 0.0768. The van der Waals surface area contributed by atoms with Crippen molar-refractivity contribution in [2.45, 2.75) is 19.3 Å². The number of nitrogens with zero attached hydrogens (tertiary/aromatic N) is 1. The highest BCUT2D eigenvalue weighted by Crippen LogP contribution is 2.38. The van der Waals surface area contributed by atoms with Gasteiger partial charge < -0.3 is 15.5 Å². The van der Waals surface area contributed by atoms with Gasteiger partial charge in [0, 0.05) is 18.8 Å². The zero-order chi connectivity index (χ0) is 14.0. The molecule has 2 aliphatic heterocycles. The van der Waals surface area contributed by atoms with Gasteiger partial charge in [0.15, 0.2) is 0 Å². The van der Waals surface area contributed by atoms with Crippen molar-refractivity contribution in [1.29, 1.82) is 0 Å². The number of halogens is 1. The lowest BCUT2D eigenvalue weighted by molar-refractivity contribution is 0.191. The lowest BCUT2D eigenvalue weighted by Gasteiger charge is -2.33. The second-order valence-corrected chi connectivity index (χ2v) is 5.86. The minimum atomic E-state index is -0.294. The second kappa shape index (κ2) is 5.40. The summed E-state index contributed by atoms with van der Waals surface area (Å²) in [7, 11) is 0. The van der Waals surface area contributed by atoms with E-state index in [1.54, 1.807) is 12.1 Å². The van der Waals surface area contributed by atoms with E-state index in [1.165, 1.54) is 12.1 Å². The molecule has 2 fully saturated rings. The third-order valence-electron chi connectivity index (χ3n) is 4.49. The lowest BCUT2D eigenvalue weighted by Crippen LogP contribution is -2.40. The number of carbonyl (C=O) groups is 1. The predicted molar refractivity (Wildman–Crippen MR) is 76.1 cm³/mol. The lowest BCUT2D eigenvalue weighted by atomic mass is 9.78. The van der Waals surface area contributed by atoms with Gasteiger partial charge in [-0.3, -0.25) is 0 Å². The van der Waals surface area contributed by atoms with Crippen LogP contribution >= 0.6 is 0 Å². The quantitative estimate of drug-likeness (QED) is 0.828. The van der Waals surface area contributed by atoms with E-state index in [0.29, 0.717) is 11.1 Å². The zero-order valence-electron chi connectivity index (χ0n) is 11.5. The van der Waals surface area contributed by atoms with Gasteiger partial charge in [0.25, 0.3) is 0 Å². The highest BCUT2D eigenvalue weighted by molar-refractivity contribution is 5.89. The molecule has 1 aromatic rings. The van der Waals surface area contributed by atoms with Crippen molar-refractivity contribution < 1.29 is 9.18 Å². The van der Waals surface area contributed by atoms with Gasteiger partial charge in [-0.2, -0.15) is 0 Å². The Balaban J connectivity index is 1.59. The molecule has 0 radical (unpaired) electrons. The molecule has 0 atom stereocenters. The number of piperidine rings is 1. The molecule has 2 N–H and O–H groups in total. The summed E-state index contributed by atoms with van der Waals surface area (Å²) in [5.41, 5.74) is 0.952. The maximum Gasteiger partial charge on any atom is 0.321 e. The van der Waals surface area contributed by atoms with Crippen molar-refractivity contribution in [1.82, 2.24) is 10.2 Å². The van der Waals surface area contributed by atoms with Crippen molar-refractivity contribution in [3.8, 4) is 0 Å². The SMILES string of the molecule is O=C(Nc1ccc(F)cc1)N1CCC2(CCNCC2)C1. The highest BCUT2D eigenvalue weighted by atomic mass is 19.1. The zero-order valence-corrected chi connectivity index (χ0v) is 11.5. The van der Waals surface area contributed by atoms with Crippen molar-refractivity contribution in [3.05, 3.63) is 30.1 Å². The molecule has 2 heterocycles. The maximum atomic E-state index is 12.8. The molecule has 0 saturated carbocycles. The summed E-state index contributed by atoms with van der Waals surface area (Å²) < 4.78 is 12.8. The van der Waals surface area contributed by atoms with Crippen LogP contribution in [0.25, 0.3) is 0 Å². The number of anilines is 1. The van der Waals surface area contributed by atoms with Crippen molar-refractivity contribution in [2.75, 3.05) is 31.5 Å². The number of benzene rings is 1. The van der Waals surface area contributed by atoms with E-state index >= 15 is 0 Å². The van der Waals surface area contributed by atoms with Gasteiger partial charge in [-0.25, -0.2) is 9.18 Å². The van der Waals surface area contributed by atoms with Crippen LogP contribution in [-0.2, 0) is 0 Å². The Kier molecular flexibility index (Phi) is 3.61. The third kappa shape index (κ3) is 2.77. The third-order valence-corrected chi connectivity index (χ3v) is 4.49. The summed E-state index contributed by atoms with van der Waals surface area (Å²) in [6.45, 7) is 3.75. The van der Waals surface area contributed by atoms with Crippen LogP contribution in [0.2, 0.25) is 0 Å². The summed E-state index contributed by atoms with van der Waals surface area (Å²) in [4.78, 5) is 14.1. The number of hydrogen-bond donors (Lipinski definition) is 2. The second-order valence-electron chi connectivity index (χ2n) is 5.86. The molecule has 0 bridgehead atoms. The van der Waals surface area contributed by atoms with Gasteiger partial charge in [0.2, 0.25) is 0 Å². The van der Waals surface area contributed by atoms with Crippen LogP contribution in [0.4, 0.5) is 14.9 Å². The van der Waals surface area contributed by atoms with E-state index in [9.17, 15) is 9.18 Å². The number of rotatable bonds is 1. The molecule has 0 aromatic heterocycles. The largest absolute Gasteiger partial charge is 0.324 e.